The van der Waals surface area contributed by atoms with Crippen molar-refractivity contribution < 1.29 is 22.3 Å². The number of ether oxygens (including phenoxy) is 1. The van der Waals surface area contributed by atoms with Crippen LogP contribution in [-0.2, 0) is 11.2 Å². The van der Waals surface area contributed by atoms with Crippen molar-refractivity contribution in [1.82, 2.24) is 4.98 Å². The second-order valence-electron chi connectivity index (χ2n) is 7.16. The fourth-order valence-electron chi connectivity index (χ4n) is 3.28. The summed E-state index contributed by atoms with van der Waals surface area (Å²) in [5, 5.41) is 0.546. The van der Waals surface area contributed by atoms with E-state index < -0.39 is 23.3 Å². The van der Waals surface area contributed by atoms with Crippen molar-refractivity contribution in [2.45, 2.75) is 6.42 Å². The monoisotopic (exact) mass is 435 g/mol. The number of fused-ring (bicyclic) bond motifs is 1. The summed E-state index contributed by atoms with van der Waals surface area (Å²) in [6.07, 6.45) is 2.34. The Balaban J connectivity index is 1.62. The summed E-state index contributed by atoms with van der Waals surface area (Å²) in [5.74, 6) is 1.66. The molecule has 0 unspecified atom stereocenters. The number of aromatic nitrogens is 1. The summed E-state index contributed by atoms with van der Waals surface area (Å²) in [6.45, 7) is 0.556. The lowest BCUT2D eigenvalue weighted by atomic mass is 10.0. The van der Waals surface area contributed by atoms with E-state index in [1.54, 1.807) is 19.4 Å². The highest BCUT2D eigenvalue weighted by molar-refractivity contribution is 5.84. The summed E-state index contributed by atoms with van der Waals surface area (Å²) in [6, 6.07) is 12.7. The molecule has 4 rings (SSSR count). The summed E-state index contributed by atoms with van der Waals surface area (Å²) in [5.41, 5.74) is 1.73. The maximum absolute atomic E-state index is 14.6. The second kappa shape index (κ2) is 9.21. The standard InChI is InChI=1S/C26H17F4NO/c1-32-11-10-17-4-9-25(31-15-17)19-13-23(28)21(24(29)14-19)7-3-16-2-6-20-18(12-16)5-8-22(27)26(20)30/h2,4-6,8-9,12-15H,10-11H2,1H3. The minimum absolute atomic E-state index is 0.109. The molecule has 0 aliphatic carbocycles. The maximum Gasteiger partial charge on any atom is 0.166 e. The second-order valence-corrected chi connectivity index (χ2v) is 7.16. The zero-order chi connectivity index (χ0) is 22.7. The van der Waals surface area contributed by atoms with Crippen LogP contribution in [0, 0.1) is 35.1 Å². The molecule has 0 aliphatic rings. The van der Waals surface area contributed by atoms with Crippen molar-refractivity contribution >= 4 is 10.8 Å². The largest absolute Gasteiger partial charge is 0.384 e. The molecular weight excluding hydrogens is 418 g/mol. The van der Waals surface area contributed by atoms with E-state index in [4.69, 9.17) is 4.74 Å². The lowest BCUT2D eigenvalue weighted by Crippen LogP contribution is -1.97. The van der Waals surface area contributed by atoms with E-state index >= 15 is 0 Å². The van der Waals surface area contributed by atoms with Crippen LogP contribution in [0.2, 0.25) is 0 Å². The molecule has 0 saturated heterocycles. The molecule has 2 nitrogen and oxygen atoms in total. The van der Waals surface area contributed by atoms with Gasteiger partial charge in [0.15, 0.2) is 11.6 Å². The van der Waals surface area contributed by atoms with Crippen molar-refractivity contribution in [2.24, 2.45) is 0 Å². The molecule has 1 aromatic heterocycles. The molecule has 0 saturated carbocycles. The van der Waals surface area contributed by atoms with Gasteiger partial charge in [0.25, 0.3) is 0 Å². The zero-order valence-electron chi connectivity index (χ0n) is 17.1. The summed E-state index contributed by atoms with van der Waals surface area (Å²) in [4.78, 5) is 4.27. The minimum atomic E-state index is -0.949. The number of benzene rings is 3. The van der Waals surface area contributed by atoms with Gasteiger partial charge < -0.3 is 4.74 Å². The van der Waals surface area contributed by atoms with Gasteiger partial charge in [-0.2, -0.15) is 0 Å². The van der Waals surface area contributed by atoms with E-state index in [0.717, 1.165) is 11.6 Å². The average molecular weight is 435 g/mol. The Morgan fingerprint density at radius 3 is 2.31 bits per heavy atom. The Bertz CT molecular complexity index is 1330. The predicted octanol–water partition coefficient (Wildman–Crippen LogP) is 6.05. The Hall–Kier alpha value is -3.69. The molecule has 3 aromatic carbocycles. The number of methoxy groups -OCH3 is 1. The van der Waals surface area contributed by atoms with E-state index in [9.17, 15) is 17.6 Å². The number of pyridine rings is 1. The fraction of sp³-hybridized carbons (Fsp3) is 0.115. The third-order valence-electron chi connectivity index (χ3n) is 5.00. The molecule has 160 valence electrons. The van der Waals surface area contributed by atoms with E-state index in [1.807, 2.05) is 6.07 Å². The third-order valence-corrected chi connectivity index (χ3v) is 5.00. The molecule has 1 heterocycles. The van der Waals surface area contributed by atoms with Gasteiger partial charge in [-0.15, -0.1) is 0 Å². The highest BCUT2D eigenvalue weighted by atomic mass is 19.2. The Kier molecular flexibility index (Phi) is 6.20. The summed E-state index contributed by atoms with van der Waals surface area (Å²) >= 11 is 0. The number of hydrogen-bond donors (Lipinski definition) is 0. The molecular formula is C26H17F4NO. The van der Waals surface area contributed by atoms with Crippen molar-refractivity contribution in [2.75, 3.05) is 13.7 Å². The SMILES string of the molecule is COCCc1ccc(-c2cc(F)c(C#Cc3ccc4c(F)c(F)ccc4c3)c(F)c2)nc1. The van der Waals surface area contributed by atoms with Gasteiger partial charge in [0.05, 0.1) is 17.9 Å². The number of hydrogen-bond acceptors (Lipinski definition) is 2. The lowest BCUT2D eigenvalue weighted by molar-refractivity contribution is 0.202. The van der Waals surface area contributed by atoms with Crippen LogP contribution in [0.1, 0.15) is 16.7 Å². The van der Waals surface area contributed by atoms with Crippen LogP contribution in [0.25, 0.3) is 22.0 Å². The lowest BCUT2D eigenvalue weighted by Gasteiger charge is -2.06. The van der Waals surface area contributed by atoms with Crippen LogP contribution in [0.15, 0.2) is 60.8 Å². The zero-order valence-corrected chi connectivity index (χ0v) is 17.1. The minimum Gasteiger partial charge on any atom is -0.384 e. The van der Waals surface area contributed by atoms with Gasteiger partial charge in [0, 0.05) is 29.8 Å². The summed E-state index contributed by atoms with van der Waals surface area (Å²) in [7, 11) is 1.61. The summed E-state index contributed by atoms with van der Waals surface area (Å²) < 4.78 is 61.4. The molecule has 0 amide bonds. The van der Waals surface area contributed by atoms with Gasteiger partial charge in [-0.3, -0.25) is 4.98 Å². The normalized spacial score (nSPS) is 10.8. The molecule has 4 aromatic rings. The predicted molar refractivity (Wildman–Crippen MR) is 115 cm³/mol. The molecule has 0 atom stereocenters. The van der Waals surface area contributed by atoms with E-state index in [0.29, 0.717) is 35.2 Å². The van der Waals surface area contributed by atoms with Crippen LogP contribution >= 0.6 is 0 Å². The van der Waals surface area contributed by atoms with Crippen molar-refractivity contribution in [3.63, 3.8) is 0 Å². The fourth-order valence-corrected chi connectivity index (χ4v) is 3.28. The van der Waals surface area contributed by atoms with E-state index in [-0.39, 0.29) is 10.9 Å². The topological polar surface area (TPSA) is 22.1 Å². The first kappa shape index (κ1) is 21.5. The first-order valence-electron chi connectivity index (χ1n) is 9.79. The Morgan fingerprint density at radius 2 is 1.62 bits per heavy atom. The van der Waals surface area contributed by atoms with Crippen LogP contribution in [0.5, 0.6) is 0 Å². The molecule has 0 bridgehead atoms. The highest BCUT2D eigenvalue weighted by Gasteiger charge is 2.12. The van der Waals surface area contributed by atoms with Crippen LogP contribution in [0.4, 0.5) is 17.6 Å². The molecule has 6 heteroatoms. The Morgan fingerprint density at radius 1 is 0.844 bits per heavy atom. The van der Waals surface area contributed by atoms with Crippen molar-refractivity contribution in [1.29, 1.82) is 0 Å². The maximum atomic E-state index is 14.6. The number of nitrogens with zero attached hydrogens (tertiary/aromatic N) is 1. The van der Waals surface area contributed by atoms with Gasteiger partial charge in [0.2, 0.25) is 0 Å². The van der Waals surface area contributed by atoms with Gasteiger partial charge >= 0.3 is 0 Å². The molecule has 32 heavy (non-hydrogen) atoms. The third kappa shape index (κ3) is 4.48. The van der Waals surface area contributed by atoms with Gasteiger partial charge in [0.1, 0.15) is 11.6 Å². The van der Waals surface area contributed by atoms with Crippen molar-refractivity contribution in [3.8, 4) is 23.1 Å². The Labute approximate surface area is 182 Å². The molecule has 0 aliphatic heterocycles. The van der Waals surface area contributed by atoms with Crippen LogP contribution in [0.3, 0.4) is 0 Å². The smallest absolute Gasteiger partial charge is 0.166 e. The first-order valence-corrected chi connectivity index (χ1v) is 9.79. The molecule has 0 N–H and O–H groups in total. The quantitative estimate of drug-likeness (QED) is 0.288. The number of rotatable bonds is 4. The average Bonchev–Trinajstić information content (AvgIpc) is 2.80. The van der Waals surface area contributed by atoms with Crippen LogP contribution < -0.4 is 0 Å². The van der Waals surface area contributed by atoms with Gasteiger partial charge in [-0.05, 0) is 53.8 Å². The number of halogens is 4. The highest BCUT2D eigenvalue weighted by Crippen LogP contribution is 2.24. The molecule has 0 radical (unpaired) electrons. The van der Waals surface area contributed by atoms with Gasteiger partial charge in [-0.25, -0.2) is 17.6 Å². The van der Waals surface area contributed by atoms with Crippen LogP contribution in [-0.4, -0.2) is 18.7 Å². The molecule has 0 fully saturated rings. The van der Waals surface area contributed by atoms with E-state index in [1.165, 1.54) is 36.4 Å². The van der Waals surface area contributed by atoms with Gasteiger partial charge in [-0.1, -0.05) is 30.0 Å². The van der Waals surface area contributed by atoms with Crippen molar-refractivity contribution in [3.05, 3.63) is 101 Å². The van der Waals surface area contributed by atoms with E-state index in [2.05, 4.69) is 16.8 Å². The molecule has 0 spiro atoms. The first-order chi connectivity index (χ1) is 15.5.